The monoisotopic (exact) mass is 394 g/mol. The highest BCUT2D eigenvalue weighted by molar-refractivity contribution is 6.43. The van der Waals surface area contributed by atoms with Crippen LogP contribution in [0.5, 0.6) is 0 Å². The van der Waals surface area contributed by atoms with Gasteiger partial charge >= 0.3 is 0 Å². The second kappa shape index (κ2) is 7.71. The molecule has 2 aromatic rings. The average molecular weight is 394 g/mol. The van der Waals surface area contributed by atoms with Gasteiger partial charge in [0.05, 0.1) is 12.0 Å². The van der Waals surface area contributed by atoms with Crippen molar-refractivity contribution >= 4 is 17.2 Å². The van der Waals surface area contributed by atoms with Crippen molar-refractivity contribution in [3.8, 4) is 0 Å². The molecule has 0 fully saturated rings. The molecule has 2 aromatic carbocycles. The molecule has 8 heteroatoms. The van der Waals surface area contributed by atoms with Crippen LogP contribution in [-0.4, -0.2) is 29.8 Å². The Morgan fingerprint density at radius 2 is 1.82 bits per heavy atom. The smallest absolute Gasteiger partial charge is 0.199 e. The topological polar surface area (TPSA) is 52.9 Å². The number of rotatable bonds is 6. The largest absolute Gasteiger partial charge is 0.396 e. The summed E-state index contributed by atoms with van der Waals surface area (Å²) < 4.78 is 55.0. The van der Waals surface area contributed by atoms with Crippen LogP contribution < -0.4 is 5.01 Å². The lowest BCUT2D eigenvalue weighted by Gasteiger charge is -2.31. The van der Waals surface area contributed by atoms with Crippen LogP contribution in [0, 0.1) is 23.3 Å². The molecule has 0 bridgehead atoms. The first-order valence-electron chi connectivity index (χ1n) is 8.68. The number of carbonyl (C=O) groups is 1. The third-order valence-electron chi connectivity index (χ3n) is 4.88. The highest BCUT2D eigenvalue weighted by Crippen LogP contribution is 2.40. The van der Waals surface area contributed by atoms with E-state index in [1.165, 1.54) is 6.92 Å². The van der Waals surface area contributed by atoms with Crippen molar-refractivity contribution in [2.24, 2.45) is 5.10 Å². The Labute approximate surface area is 159 Å². The number of aliphatic hydroxyl groups is 1. The van der Waals surface area contributed by atoms with E-state index in [-0.39, 0.29) is 18.9 Å². The van der Waals surface area contributed by atoms with Gasteiger partial charge in [0.1, 0.15) is 11.4 Å². The van der Waals surface area contributed by atoms with Gasteiger partial charge in [0, 0.05) is 19.6 Å². The van der Waals surface area contributed by atoms with E-state index in [0.29, 0.717) is 24.5 Å². The minimum absolute atomic E-state index is 0.0803. The number of hydrazone groups is 1. The van der Waals surface area contributed by atoms with Gasteiger partial charge in [0.2, 0.25) is 0 Å². The lowest BCUT2D eigenvalue weighted by Crippen LogP contribution is -2.41. The number of aliphatic hydroxyl groups excluding tert-OH is 1. The van der Waals surface area contributed by atoms with Crippen molar-refractivity contribution in [1.82, 2.24) is 0 Å². The van der Waals surface area contributed by atoms with Gasteiger partial charge in [-0.2, -0.15) is 5.10 Å². The summed E-state index contributed by atoms with van der Waals surface area (Å²) in [6.07, 6.45) is 0.625. The number of Topliss-reactive ketones (excluding diaryl/α,β-unsaturated/α-hetero) is 1. The second-order valence-corrected chi connectivity index (χ2v) is 6.66. The van der Waals surface area contributed by atoms with Crippen LogP contribution in [0.2, 0.25) is 0 Å². The van der Waals surface area contributed by atoms with Crippen molar-refractivity contribution in [2.45, 2.75) is 25.2 Å². The van der Waals surface area contributed by atoms with Crippen LogP contribution in [0.4, 0.5) is 23.2 Å². The summed E-state index contributed by atoms with van der Waals surface area (Å²) in [7, 11) is 0. The maximum atomic E-state index is 14.3. The molecule has 1 aliphatic heterocycles. The van der Waals surface area contributed by atoms with Crippen molar-refractivity contribution in [3.05, 3.63) is 65.2 Å². The van der Waals surface area contributed by atoms with Crippen LogP contribution in [0.25, 0.3) is 0 Å². The molecular formula is C20H18F4N2O2. The predicted molar refractivity (Wildman–Crippen MR) is 96.2 cm³/mol. The number of hydrogen-bond donors (Lipinski definition) is 1. The van der Waals surface area contributed by atoms with E-state index in [1.807, 2.05) is 0 Å². The molecule has 1 N–H and O–H groups in total. The summed E-state index contributed by atoms with van der Waals surface area (Å²) >= 11 is 0. The Bertz CT molecular complexity index is 934. The van der Waals surface area contributed by atoms with Gasteiger partial charge in [-0.15, -0.1) is 0 Å². The zero-order chi connectivity index (χ0) is 20.5. The lowest BCUT2D eigenvalue weighted by molar-refractivity contribution is -0.111. The number of anilines is 1. The first-order valence-corrected chi connectivity index (χ1v) is 8.68. The molecule has 0 saturated heterocycles. The van der Waals surface area contributed by atoms with E-state index in [2.05, 4.69) is 5.10 Å². The summed E-state index contributed by atoms with van der Waals surface area (Å²) in [5.74, 6) is -7.39. The standard InChI is InChI=1S/C20H18F4N2O2/c1-12(28)19-20(8-5-9-27,13-6-3-2-4-7-13)11-26(25-19)15-10-14(21)16(22)18(24)17(15)23/h2-4,6-7,10,27H,5,8-9,11H2,1H3. The zero-order valence-corrected chi connectivity index (χ0v) is 15.1. The molecule has 0 amide bonds. The molecule has 4 nitrogen and oxygen atoms in total. The fourth-order valence-electron chi connectivity index (χ4n) is 3.58. The van der Waals surface area contributed by atoms with E-state index in [0.717, 1.165) is 5.01 Å². The van der Waals surface area contributed by atoms with E-state index >= 15 is 0 Å². The summed E-state index contributed by atoms with van der Waals surface area (Å²) in [4.78, 5) is 12.3. The summed E-state index contributed by atoms with van der Waals surface area (Å²) in [5, 5.41) is 14.4. The van der Waals surface area contributed by atoms with Gasteiger partial charge in [0.15, 0.2) is 29.1 Å². The Balaban J connectivity index is 2.15. The molecule has 0 aromatic heterocycles. The Hall–Kier alpha value is -2.74. The van der Waals surface area contributed by atoms with Crippen molar-refractivity contribution in [2.75, 3.05) is 18.2 Å². The van der Waals surface area contributed by atoms with Crippen molar-refractivity contribution in [3.63, 3.8) is 0 Å². The number of benzene rings is 2. The van der Waals surface area contributed by atoms with Crippen LogP contribution in [-0.2, 0) is 10.2 Å². The first-order chi connectivity index (χ1) is 13.3. The molecule has 1 aliphatic rings. The van der Waals surface area contributed by atoms with Gasteiger partial charge in [-0.3, -0.25) is 9.80 Å². The fourth-order valence-corrected chi connectivity index (χ4v) is 3.58. The van der Waals surface area contributed by atoms with Gasteiger partial charge in [0.25, 0.3) is 0 Å². The molecular weight excluding hydrogens is 376 g/mol. The Morgan fingerprint density at radius 1 is 1.14 bits per heavy atom. The quantitative estimate of drug-likeness (QED) is 0.462. The molecule has 1 unspecified atom stereocenters. The number of nitrogens with zero attached hydrogens (tertiary/aromatic N) is 2. The molecule has 1 atom stereocenters. The molecule has 3 rings (SSSR count). The van der Waals surface area contributed by atoms with Gasteiger partial charge in [-0.1, -0.05) is 30.3 Å². The number of ketones is 1. The summed E-state index contributed by atoms with van der Waals surface area (Å²) in [5.41, 5.74) is -0.833. The number of hydrogen-bond acceptors (Lipinski definition) is 4. The Morgan fingerprint density at radius 3 is 2.43 bits per heavy atom. The van der Waals surface area contributed by atoms with Gasteiger partial charge in [-0.25, -0.2) is 17.6 Å². The molecule has 0 saturated carbocycles. The average Bonchev–Trinajstić information content (AvgIpc) is 3.09. The molecule has 28 heavy (non-hydrogen) atoms. The van der Waals surface area contributed by atoms with Crippen LogP contribution >= 0.6 is 0 Å². The maximum Gasteiger partial charge on any atom is 0.199 e. The minimum Gasteiger partial charge on any atom is -0.396 e. The predicted octanol–water partition coefficient (Wildman–Crippen LogP) is 3.72. The number of halogens is 4. The van der Waals surface area contributed by atoms with Gasteiger partial charge in [-0.05, 0) is 18.4 Å². The van der Waals surface area contributed by atoms with E-state index in [1.54, 1.807) is 30.3 Å². The summed E-state index contributed by atoms with van der Waals surface area (Å²) in [6.45, 7) is 1.06. The van der Waals surface area contributed by atoms with Crippen LogP contribution in [0.3, 0.4) is 0 Å². The Kier molecular flexibility index (Phi) is 5.51. The third kappa shape index (κ3) is 3.28. The highest BCUT2D eigenvalue weighted by atomic mass is 19.2. The van der Waals surface area contributed by atoms with Crippen molar-refractivity contribution < 1.29 is 27.5 Å². The van der Waals surface area contributed by atoms with Crippen molar-refractivity contribution in [1.29, 1.82) is 0 Å². The number of carbonyl (C=O) groups excluding carboxylic acids is 1. The minimum atomic E-state index is -1.94. The lowest BCUT2D eigenvalue weighted by atomic mass is 9.72. The molecule has 0 spiro atoms. The first kappa shape index (κ1) is 20.0. The highest BCUT2D eigenvalue weighted by Gasteiger charge is 2.46. The van der Waals surface area contributed by atoms with Crippen LogP contribution in [0.1, 0.15) is 25.3 Å². The van der Waals surface area contributed by atoms with E-state index < -0.39 is 40.2 Å². The molecule has 0 radical (unpaired) electrons. The normalized spacial score (nSPS) is 19.1. The van der Waals surface area contributed by atoms with E-state index in [9.17, 15) is 27.5 Å². The summed E-state index contributed by atoms with van der Waals surface area (Å²) in [6, 6.07) is 9.35. The third-order valence-corrected chi connectivity index (χ3v) is 4.88. The fraction of sp³-hybridized carbons (Fsp3) is 0.300. The van der Waals surface area contributed by atoms with Gasteiger partial charge < -0.3 is 5.11 Å². The van der Waals surface area contributed by atoms with E-state index in [4.69, 9.17) is 0 Å². The molecule has 0 aliphatic carbocycles. The zero-order valence-electron chi connectivity index (χ0n) is 15.1. The molecule has 1 heterocycles. The molecule has 148 valence electrons. The van der Waals surface area contributed by atoms with Crippen LogP contribution in [0.15, 0.2) is 41.5 Å². The maximum absolute atomic E-state index is 14.3. The SMILES string of the molecule is CC(=O)C1=NN(c2cc(F)c(F)c(F)c2F)CC1(CCCO)c1ccccc1. The second-order valence-electron chi connectivity index (χ2n) is 6.66.